The van der Waals surface area contributed by atoms with Crippen LogP contribution in [0.2, 0.25) is 0 Å². The van der Waals surface area contributed by atoms with Crippen LogP contribution in [0, 0.1) is 41.5 Å². The summed E-state index contributed by atoms with van der Waals surface area (Å²) in [5.74, 6) is 2.33. The first-order chi connectivity index (χ1) is 24.0. The predicted molar refractivity (Wildman–Crippen MR) is 193 cm³/mol. The molecule has 2 heterocycles. The van der Waals surface area contributed by atoms with Crippen molar-refractivity contribution in [3.05, 3.63) is 162 Å². The van der Waals surface area contributed by atoms with Crippen molar-refractivity contribution in [2.45, 2.75) is 54.8 Å². The number of benzene rings is 4. The van der Waals surface area contributed by atoms with E-state index in [1.165, 1.54) is 0 Å². The molecule has 0 atom stereocenters. The summed E-state index contributed by atoms with van der Waals surface area (Å²) in [5, 5.41) is 0. The second kappa shape index (κ2) is 16.3. The Morgan fingerprint density at radius 1 is 0.540 bits per heavy atom. The van der Waals surface area contributed by atoms with Crippen LogP contribution < -0.4 is 30.2 Å². The largest absolute Gasteiger partial charge is 0.472 e. The number of aromatic nitrogens is 4. The third-order valence-corrected chi connectivity index (χ3v) is 7.43. The van der Waals surface area contributed by atoms with Crippen molar-refractivity contribution >= 4 is 0 Å². The van der Waals surface area contributed by atoms with Gasteiger partial charge in [0, 0.05) is 0 Å². The third-order valence-electron chi connectivity index (χ3n) is 7.43. The van der Waals surface area contributed by atoms with E-state index in [0.29, 0.717) is 47.6 Å². The molecule has 0 aliphatic heterocycles. The maximum absolute atomic E-state index is 11.4. The van der Waals surface area contributed by atoms with E-state index in [9.17, 15) is 9.59 Å². The Bertz CT molecular complexity index is 2140. The summed E-state index contributed by atoms with van der Waals surface area (Å²) >= 11 is 0. The van der Waals surface area contributed by atoms with Crippen LogP contribution in [0.3, 0.4) is 0 Å². The van der Waals surface area contributed by atoms with Crippen molar-refractivity contribution in [3.8, 4) is 35.1 Å². The molecule has 0 bridgehead atoms. The summed E-state index contributed by atoms with van der Waals surface area (Å²) in [6, 6.07) is 31.8. The standard InChI is InChI=1S/C27H26N2O3.C13H14N2O3/c1-19-14-20(2)16-24(15-19)32-26-21(3)25(30-17-22-10-6-4-7-11-22)28-27(29-26)31-18-23-12-8-5-9-13-23;1-7-4-8(2)6-10(5-7)18-12-9(3)11(16)14-13(17)15-12/h4-16H,17-18H2,1-3H3;4-6H,1-3H3,(H2,14,15,16,17). The molecule has 6 rings (SSSR count). The summed E-state index contributed by atoms with van der Waals surface area (Å²) < 4.78 is 23.6. The normalized spacial score (nSPS) is 10.5. The van der Waals surface area contributed by atoms with Gasteiger partial charge in [-0.25, -0.2) is 4.79 Å². The van der Waals surface area contributed by atoms with Crippen molar-refractivity contribution in [2.75, 3.05) is 0 Å². The zero-order valence-corrected chi connectivity index (χ0v) is 29.0. The fourth-order valence-corrected chi connectivity index (χ4v) is 5.05. The van der Waals surface area contributed by atoms with E-state index in [1.54, 1.807) is 6.92 Å². The summed E-state index contributed by atoms with van der Waals surface area (Å²) in [6.07, 6.45) is 0. The molecule has 0 amide bonds. The first kappa shape index (κ1) is 35.2. The van der Waals surface area contributed by atoms with E-state index in [2.05, 4.69) is 26.0 Å². The van der Waals surface area contributed by atoms with Crippen LogP contribution in [0.25, 0.3) is 0 Å². The lowest BCUT2D eigenvalue weighted by Crippen LogP contribution is -2.24. The Morgan fingerprint density at radius 2 is 1.02 bits per heavy atom. The van der Waals surface area contributed by atoms with E-state index in [-0.39, 0.29) is 11.9 Å². The Balaban J connectivity index is 0.000000228. The molecule has 0 spiro atoms. The van der Waals surface area contributed by atoms with Crippen LogP contribution >= 0.6 is 0 Å². The van der Waals surface area contributed by atoms with Crippen molar-refractivity contribution in [2.24, 2.45) is 0 Å². The van der Waals surface area contributed by atoms with Gasteiger partial charge in [0.15, 0.2) is 0 Å². The van der Waals surface area contributed by atoms with Crippen molar-refractivity contribution in [3.63, 3.8) is 0 Å². The Hall–Kier alpha value is -6.16. The summed E-state index contributed by atoms with van der Waals surface area (Å²) in [5.41, 5.74) is 6.45. The lowest BCUT2D eigenvalue weighted by molar-refractivity contribution is 0.251. The number of rotatable bonds is 10. The minimum absolute atomic E-state index is 0.175. The van der Waals surface area contributed by atoms with Crippen LogP contribution in [0.4, 0.5) is 0 Å². The third kappa shape index (κ3) is 9.93. The number of ether oxygens (including phenoxy) is 4. The molecule has 0 fully saturated rings. The molecule has 10 heteroatoms. The summed E-state index contributed by atoms with van der Waals surface area (Å²) in [7, 11) is 0. The molecule has 10 nitrogen and oxygen atoms in total. The zero-order valence-electron chi connectivity index (χ0n) is 29.0. The van der Waals surface area contributed by atoms with Crippen molar-refractivity contribution < 1.29 is 18.9 Å². The fraction of sp³-hybridized carbons (Fsp3) is 0.200. The number of hydrogen-bond donors (Lipinski definition) is 2. The second-order valence-corrected chi connectivity index (χ2v) is 12.0. The first-order valence-corrected chi connectivity index (χ1v) is 16.1. The topological polar surface area (TPSA) is 128 Å². The van der Waals surface area contributed by atoms with E-state index in [1.807, 2.05) is 126 Å². The average Bonchev–Trinajstić information content (AvgIpc) is 3.07. The fourth-order valence-electron chi connectivity index (χ4n) is 5.05. The maximum atomic E-state index is 11.4. The maximum Gasteiger partial charge on any atom is 0.328 e. The van der Waals surface area contributed by atoms with Crippen LogP contribution in [-0.4, -0.2) is 19.9 Å². The van der Waals surface area contributed by atoms with Crippen molar-refractivity contribution in [1.82, 2.24) is 19.9 Å². The molecule has 0 aliphatic rings. The molecule has 0 radical (unpaired) electrons. The van der Waals surface area contributed by atoms with E-state index in [4.69, 9.17) is 18.9 Å². The van der Waals surface area contributed by atoms with Gasteiger partial charge in [-0.15, -0.1) is 0 Å². The Kier molecular flexibility index (Phi) is 11.5. The highest BCUT2D eigenvalue weighted by atomic mass is 16.5. The van der Waals surface area contributed by atoms with Gasteiger partial charge in [-0.2, -0.15) is 9.97 Å². The smallest absolute Gasteiger partial charge is 0.328 e. The van der Waals surface area contributed by atoms with Crippen LogP contribution in [0.15, 0.2) is 107 Å². The molecule has 4 aromatic carbocycles. The van der Waals surface area contributed by atoms with Gasteiger partial charge in [-0.3, -0.25) is 14.8 Å². The van der Waals surface area contributed by atoms with Crippen LogP contribution in [-0.2, 0) is 13.2 Å². The molecular formula is C40H40N4O6. The lowest BCUT2D eigenvalue weighted by atomic mass is 10.1. The Morgan fingerprint density at radius 3 is 1.56 bits per heavy atom. The molecule has 0 saturated carbocycles. The summed E-state index contributed by atoms with van der Waals surface area (Å²) in [4.78, 5) is 36.3. The minimum atomic E-state index is -0.579. The molecule has 6 aromatic rings. The number of H-pyrrole nitrogens is 2. The van der Waals surface area contributed by atoms with Gasteiger partial charge in [0.05, 0.1) is 11.1 Å². The van der Waals surface area contributed by atoms with Gasteiger partial charge < -0.3 is 18.9 Å². The first-order valence-electron chi connectivity index (χ1n) is 16.1. The predicted octanol–water partition coefficient (Wildman–Crippen LogP) is 8.13. The van der Waals surface area contributed by atoms with Gasteiger partial charge in [-0.1, -0.05) is 72.8 Å². The lowest BCUT2D eigenvalue weighted by Gasteiger charge is -2.15. The molecular weight excluding hydrogens is 632 g/mol. The number of aromatic amines is 2. The summed E-state index contributed by atoms with van der Waals surface area (Å²) in [6.45, 7) is 12.2. The van der Waals surface area contributed by atoms with Gasteiger partial charge in [0.1, 0.15) is 24.7 Å². The van der Waals surface area contributed by atoms with Gasteiger partial charge in [0.25, 0.3) is 5.56 Å². The minimum Gasteiger partial charge on any atom is -0.472 e. The van der Waals surface area contributed by atoms with Gasteiger partial charge in [-0.05, 0) is 99.2 Å². The molecule has 0 saturated heterocycles. The quantitative estimate of drug-likeness (QED) is 0.149. The molecule has 256 valence electrons. The van der Waals surface area contributed by atoms with Gasteiger partial charge in [0.2, 0.25) is 17.6 Å². The van der Waals surface area contributed by atoms with Crippen molar-refractivity contribution in [1.29, 1.82) is 0 Å². The van der Waals surface area contributed by atoms with Crippen LogP contribution in [0.1, 0.15) is 44.5 Å². The highest BCUT2D eigenvalue weighted by molar-refractivity contribution is 5.41. The second-order valence-electron chi connectivity index (χ2n) is 12.0. The van der Waals surface area contributed by atoms with Gasteiger partial charge >= 0.3 is 11.7 Å². The number of nitrogens with zero attached hydrogens (tertiary/aromatic N) is 2. The van der Waals surface area contributed by atoms with E-state index >= 15 is 0 Å². The van der Waals surface area contributed by atoms with E-state index in [0.717, 1.165) is 33.4 Å². The Labute approximate surface area is 290 Å². The zero-order chi connectivity index (χ0) is 35.6. The highest BCUT2D eigenvalue weighted by Gasteiger charge is 2.16. The average molecular weight is 673 g/mol. The SMILES string of the molecule is Cc1cc(C)cc(Oc2[nH]c(=O)[nH]c(=O)c2C)c1.Cc1cc(C)cc(Oc2nc(OCc3ccccc3)nc(OCc3ccccc3)c2C)c1. The molecule has 0 aliphatic carbocycles. The molecule has 2 N–H and O–H groups in total. The molecule has 2 aromatic heterocycles. The molecule has 50 heavy (non-hydrogen) atoms. The number of hydrogen-bond acceptors (Lipinski definition) is 8. The molecule has 0 unspecified atom stereocenters. The highest BCUT2D eigenvalue weighted by Crippen LogP contribution is 2.32. The monoisotopic (exact) mass is 672 g/mol. The van der Waals surface area contributed by atoms with E-state index < -0.39 is 11.2 Å². The number of nitrogens with one attached hydrogen (secondary N) is 2. The van der Waals surface area contributed by atoms with Crippen LogP contribution in [0.5, 0.6) is 35.1 Å². The number of aryl methyl sites for hydroxylation is 4.